The van der Waals surface area contributed by atoms with E-state index in [0.717, 1.165) is 12.1 Å². The summed E-state index contributed by atoms with van der Waals surface area (Å²) in [5.74, 6) is 1.28. The fourth-order valence-corrected chi connectivity index (χ4v) is 2.66. The van der Waals surface area contributed by atoms with Crippen LogP contribution < -0.4 is 4.90 Å². The summed E-state index contributed by atoms with van der Waals surface area (Å²) in [5.41, 5.74) is 2.18. The van der Waals surface area contributed by atoms with Crippen LogP contribution in [0, 0.1) is 6.92 Å². The number of hydrogen-bond acceptors (Lipinski definition) is 4. The molecule has 3 rings (SSSR count). The normalized spacial score (nSPS) is 18.8. The van der Waals surface area contributed by atoms with E-state index in [4.69, 9.17) is 4.52 Å². The van der Waals surface area contributed by atoms with E-state index in [-0.39, 0.29) is 11.8 Å². The number of anilines is 1. The molecule has 0 radical (unpaired) electrons. The zero-order valence-electron chi connectivity index (χ0n) is 11.7. The number of rotatable bonds is 3. The maximum absolute atomic E-state index is 12.3. The van der Waals surface area contributed by atoms with Crippen molar-refractivity contribution in [3.63, 3.8) is 0 Å². The molecule has 5 nitrogen and oxygen atoms in total. The second-order valence-corrected chi connectivity index (χ2v) is 5.07. The van der Waals surface area contributed by atoms with Crippen LogP contribution in [0.15, 0.2) is 28.8 Å². The fraction of sp³-hybridized carbons (Fsp3) is 0.400. The lowest BCUT2D eigenvalue weighted by molar-refractivity contribution is -0.117. The average molecular weight is 271 g/mol. The van der Waals surface area contributed by atoms with E-state index in [9.17, 15) is 4.79 Å². The van der Waals surface area contributed by atoms with Crippen molar-refractivity contribution >= 4 is 11.6 Å². The molecule has 0 N–H and O–H groups in total. The maximum atomic E-state index is 12.3. The number of carbonyl (C=O) groups is 1. The Morgan fingerprint density at radius 1 is 1.40 bits per heavy atom. The van der Waals surface area contributed by atoms with Crippen LogP contribution in [0.5, 0.6) is 0 Å². The second-order valence-electron chi connectivity index (χ2n) is 5.07. The minimum atomic E-state index is -0.00591. The lowest BCUT2D eigenvalue weighted by atomic mass is 10.1. The van der Waals surface area contributed by atoms with E-state index in [2.05, 4.69) is 23.1 Å². The predicted molar refractivity (Wildman–Crippen MR) is 74.6 cm³/mol. The molecule has 1 aromatic carbocycles. The van der Waals surface area contributed by atoms with Crippen molar-refractivity contribution in [3.8, 4) is 0 Å². The third kappa shape index (κ3) is 2.19. The van der Waals surface area contributed by atoms with Gasteiger partial charge in [0, 0.05) is 18.7 Å². The first-order chi connectivity index (χ1) is 9.69. The van der Waals surface area contributed by atoms with Gasteiger partial charge in [-0.25, -0.2) is 0 Å². The summed E-state index contributed by atoms with van der Waals surface area (Å²) >= 11 is 0. The molecule has 104 valence electrons. The van der Waals surface area contributed by atoms with Crippen LogP contribution in [0.4, 0.5) is 5.69 Å². The Hall–Kier alpha value is -2.17. The molecule has 0 spiro atoms. The van der Waals surface area contributed by atoms with Crippen molar-refractivity contribution in [1.82, 2.24) is 10.1 Å². The topological polar surface area (TPSA) is 59.2 Å². The van der Waals surface area contributed by atoms with Gasteiger partial charge >= 0.3 is 0 Å². The molecule has 2 aromatic rings. The molecule has 1 aromatic heterocycles. The molecule has 1 unspecified atom stereocenters. The van der Waals surface area contributed by atoms with Gasteiger partial charge in [0.15, 0.2) is 5.82 Å². The molecule has 0 aliphatic carbocycles. The van der Waals surface area contributed by atoms with Crippen molar-refractivity contribution in [1.29, 1.82) is 0 Å². The summed E-state index contributed by atoms with van der Waals surface area (Å²) in [4.78, 5) is 18.3. The molecule has 0 saturated carbocycles. The highest BCUT2D eigenvalue weighted by Gasteiger charge is 2.35. The van der Waals surface area contributed by atoms with Gasteiger partial charge < -0.3 is 9.42 Å². The van der Waals surface area contributed by atoms with Gasteiger partial charge in [0.2, 0.25) is 11.8 Å². The molecule has 1 fully saturated rings. The summed E-state index contributed by atoms with van der Waals surface area (Å²) in [7, 11) is 0. The van der Waals surface area contributed by atoms with E-state index in [1.807, 2.05) is 23.1 Å². The van der Waals surface area contributed by atoms with Gasteiger partial charge in [0.05, 0.1) is 5.92 Å². The van der Waals surface area contributed by atoms with Crippen LogP contribution in [0.2, 0.25) is 0 Å². The smallest absolute Gasteiger partial charge is 0.232 e. The first-order valence-electron chi connectivity index (χ1n) is 6.87. The molecule has 1 saturated heterocycles. The molecule has 1 aliphatic heterocycles. The standard InChI is InChI=1S/C15H17N3O2/c1-3-11-6-4-5-7-13(11)18-9-12(8-14(18)19)15-16-10(2)17-20-15/h4-7,12H,3,8-9H2,1-2H3. The second kappa shape index (κ2) is 5.07. The van der Waals surface area contributed by atoms with Gasteiger partial charge in [-0.05, 0) is 25.0 Å². The number of para-hydroxylation sites is 1. The van der Waals surface area contributed by atoms with Crippen molar-refractivity contribution in [2.45, 2.75) is 32.6 Å². The maximum Gasteiger partial charge on any atom is 0.232 e. The highest BCUT2D eigenvalue weighted by Crippen LogP contribution is 2.32. The monoisotopic (exact) mass is 271 g/mol. The zero-order chi connectivity index (χ0) is 14.1. The van der Waals surface area contributed by atoms with Gasteiger partial charge in [0.1, 0.15) is 0 Å². The number of nitrogens with zero attached hydrogens (tertiary/aromatic N) is 3. The quantitative estimate of drug-likeness (QED) is 0.860. The lowest BCUT2D eigenvalue weighted by Crippen LogP contribution is -2.25. The van der Waals surface area contributed by atoms with Gasteiger partial charge in [-0.2, -0.15) is 4.98 Å². The average Bonchev–Trinajstić information content (AvgIpc) is 3.05. The summed E-state index contributed by atoms with van der Waals surface area (Å²) in [6.45, 7) is 4.49. The predicted octanol–water partition coefficient (Wildman–Crippen LogP) is 2.46. The van der Waals surface area contributed by atoms with Crippen LogP contribution in [-0.4, -0.2) is 22.6 Å². The molecule has 1 aliphatic rings. The Kier molecular flexibility index (Phi) is 3.26. The van der Waals surface area contributed by atoms with Crippen molar-refractivity contribution < 1.29 is 9.32 Å². The molecule has 5 heteroatoms. The molecule has 1 atom stereocenters. The molecular formula is C15H17N3O2. The van der Waals surface area contributed by atoms with Gasteiger partial charge in [-0.15, -0.1) is 0 Å². The number of carbonyl (C=O) groups excluding carboxylic acids is 1. The minimum Gasteiger partial charge on any atom is -0.339 e. The molecule has 1 amide bonds. The number of aryl methyl sites for hydroxylation is 2. The Labute approximate surface area is 117 Å². The largest absolute Gasteiger partial charge is 0.339 e. The zero-order valence-corrected chi connectivity index (χ0v) is 11.7. The summed E-state index contributed by atoms with van der Waals surface area (Å²) in [5, 5.41) is 3.80. The Bertz CT molecular complexity index is 636. The Balaban J connectivity index is 1.87. The Morgan fingerprint density at radius 3 is 2.90 bits per heavy atom. The molecule has 0 bridgehead atoms. The van der Waals surface area contributed by atoms with E-state index < -0.39 is 0 Å². The van der Waals surface area contributed by atoms with Crippen LogP contribution in [0.25, 0.3) is 0 Å². The number of hydrogen-bond donors (Lipinski definition) is 0. The van der Waals surface area contributed by atoms with E-state index in [1.165, 1.54) is 5.56 Å². The lowest BCUT2D eigenvalue weighted by Gasteiger charge is -2.19. The third-order valence-corrected chi connectivity index (χ3v) is 3.68. The van der Waals surface area contributed by atoms with Crippen molar-refractivity contribution in [2.75, 3.05) is 11.4 Å². The van der Waals surface area contributed by atoms with Crippen LogP contribution in [0.3, 0.4) is 0 Å². The van der Waals surface area contributed by atoms with Gasteiger partial charge in [-0.1, -0.05) is 30.3 Å². The highest BCUT2D eigenvalue weighted by atomic mass is 16.5. The van der Waals surface area contributed by atoms with Crippen molar-refractivity contribution in [2.24, 2.45) is 0 Å². The molecule has 2 heterocycles. The molecular weight excluding hydrogens is 254 g/mol. The van der Waals surface area contributed by atoms with Gasteiger partial charge in [0.25, 0.3) is 0 Å². The number of benzene rings is 1. The summed E-state index contributed by atoms with van der Waals surface area (Å²) in [6, 6.07) is 8.03. The summed E-state index contributed by atoms with van der Waals surface area (Å²) in [6.07, 6.45) is 1.34. The highest BCUT2D eigenvalue weighted by molar-refractivity contribution is 5.97. The van der Waals surface area contributed by atoms with Crippen molar-refractivity contribution in [3.05, 3.63) is 41.5 Å². The van der Waals surface area contributed by atoms with E-state index >= 15 is 0 Å². The SMILES string of the molecule is CCc1ccccc1N1CC(c2nc(C)no2)CC1=O. The van der Waals surface area contributed by atoms with E-state index in [1.54, 1.807) is 6.92 Å². The van der Waals surface area contributed by atoms with E-state index in [0.29, 0.717) is 24.7 Å². The van der Waals surface area contributed by atoms with Crippen LogP contribution in [-0.2, 0) is 11.2 Å². The van der Waals surface area contributed by atoms with Gasteiger partial charge in [-0.3, -0.25) is 4.79 Å². The molecule has 20 heavy (non-hydrogen) atoms. The fourth-order valence-electron chi connectivity index (χ4n) is 2.66. The summed E-state index contributed by atoms with van der Waals surface area (Å²) < 4.78 is 5.20. The number of aromatic nitrogens is 2. The van der Waals surface area contributed by atoms with Crippen LogP contribution in [0.1, 0.15) is 36.5 Å². The number of amides is 1. The third-order valence-electron chi connectivity index (χ3n) is 3.68. The first-order valence-corrected chi connectivity index (χ1v) is 6.87. The Morgan fingerprint density at radius 2 is 2.20 bits per heavy atom. The van der Waals surface area contributed by atoms with Crippen LogP contribution >= 0.6 is 0 Å². The first kappa shape index (κ1) is 12.8. The minimum absolute atomic E-state index is 0.00591.